The van der Waals surface area contributed by atoms with Crippen LogP contribution < -0.4 is 11.1 Å². The first-order valence-corrected chi connectivity index (χ1v) is 5.35. The zero-order valence-corrected chi connectivity index (χ0v) is 9.97. The van der Waals surface area contributed by atoms with Gasteiger partial charge in [-0.25, -0.2) is 0 Å². The maximum Gasteiger partial charge on any atom is 0.230 e. The standard InChI is InChI=1S/C12H17N3O2/c1-8-3-5-10(6-4-8)7-14-12(16)9(2)11(13)15-17/h3-6,9,17H,7H2,1-2H3,(H2,13,15)(H,14,16). The summed E-state index contributed by atoms with van der Waals surface area (Å²) in [7, 11) is 0. The molecule has 1 rings (SSSR count). The van der Waals surface area contributed by atoms with Crippen molar-refractivity contribution in [2.75, 3.05) is 0 Å². The minimum atomic E-state index is -0.634. The first-order chi connectivity index (χ1) is 8.04. The SMILES string of the molecule is Cc1ccc(CNC(=O)C(C)/C(N)=N/O)cc1. The second kappa shape index (κ2) is 5.89. The largest absolute Gasteiger partial charge is 0.409 e. The molecule has 0 aromatic heterocycles. The highest BCUT2D eigenvalue weighted by molar-refractivity contribution is 6.01. The van der Waals surface area contributed by atoms with E-state index in [1.807, 2.05) is 31.2 Å². The number of amides is 1. The fourth-order valence-corrected chi connectivity index (χ4v) is 1.27. The van der Waals surface area contributed by atoms with E-state index in [-0.39, 0.29) is 11.7 Å². The van der Waals surface area contributed by atoms with Crippen LogP contribution in [0.4, 0.5) is 0 Å². The fraction of sp³-hybridized carbons (Fsp3) is 0.333. The van der Waals surface area contributed by atoms with Crippen LogP contribution >= 0.6 is 0 Å². The van der Waals surface area contributed by atoms with Crippen LogP contribution in [0.15, 0.2) is 29.4 Å². The molecule has 0 heterocycles. The van der Waals surface area contributed by atoms with Gasteiger partial charge in [0.2, 0.25) is 5.91 Å². The van der Waals surface area contributed by atoms with Gasteiger partial charge in [-0.3, -0.25) is 4.79 Å². The Morgan fingerprint density at radius 3 is 2.59 bits per heavy atom. The van der Waals surface area contributed by atoms with Gasteiger partial charge >= 0.3 is 0 Å². The predicted molar refractivity (Wildman–Crippen MR) is 65.6 cm³/mol. The van der Waals surface area contributed by atoms with Crippen LogP contribution in [0, 0.1) is 12.8 Å². The van der Waals surface area contributed by atoms with Crippen molar-refractivity contribution >= 4 is 11.7 Å². The molecular weight excluding hydrogens is 218 g/mol. The summed E-state index contributed by atoms with van der Waals surface area (Å²) in [5.41, 5.74) is 7.53. The number of nitrogens with zero attached hydrogens (tertiary/aromatic N) is 1. The van der Waals surface area contributed by atoms with Crippen molar-refractivity contribution < 1.29 is 10.0 Å². The number of hydrogen-bond acceptors (Lipinski definition) is 3. The van der Waals surface area contributed by atoms with Gasteiger partial charge in [-0.15, -0.1) is 0 Å². The predicted octanol–water partition coefficient (Wildman–Crippen LogP) is 0.994. The number of hydrogen-bond donors (Lipinski definition) is 3. The van der Waals surface area contributed by atoms with Crippen LogP contribution in [0.2, 0.25) is 0 Å². The third kappa shape index (κ3) is 3.79. The molecule has 0 saturated carbocycles. The van der Waals surface area contributed by atoms with Gasteiger partial charge in [0, 0.05) is 6.54 Å². The molecule has 1 atom stereocenters. The Morgan fingerprint density at radius 1 is 1.47 bits per heavy atom. The van der Waals surface area contributed by atoms with Crippen molar-refractivity contribution in [2.45, 2.75) is 20.4 Å². The third-order valence-corrected chi connectivity index (χ3v) is 2.54. The molecular formula is C12H17N3O2. The number of benzene rings is 1. The number of aryl methyl sites for hydroxylation is 1. The monoisotopic (exact) mass is 235 g/mol. The van der Waals surface area contributed by atoms with Crippen molar-refractivity contribution in [3.63, 3.8) is 0 Å². The molecule has 0 radical (unpaired) electrons. The molecule has 0 fully saturated rings. The van der Waals surface area contributed by atoms with Crippen LogP contribution in [0.1, 0.15) is 18.1 Å². The van der Waals surface area contributed by atoms with E-state index in [1.54, 1.807) is 6.92 Å². The topological polar surface area (TPSA) is 87.7 Å². The molecule has 0 aliphatic rings. The third-order valence-electron chi connectivity index (χ3n) is 2.54. The summed E-state index contributed by atoms with van der Waals surface area (Å²) in [5, 5.41) is 14.0. The summed E-state index contributed by atoms with van der Waals surface area (Å²) in [5.74, 6) is -0.988. The summed E-state index contributed by atoms with van der Waals surface area (Å²) >= 11 is 0. The lowest BCUT2D eigenvalue weighted by molar-refractivity contribution is -0.122. The summed E-state index contributed by atoms with van der Waals surface area (Å²) in [6.07, 6.45) is 0. The molecule has 0 spiro atoms. The Labute approximate surface area is 100 Å². The van der Waals surface area contributed by atoms with Crippen molar-refractivity contribution in [3.05, 3.63) is 35.4 Å². The average molecular weight is 235 g/mol. The maximum atomic E-state index is 11.6. The first kappa shape index (κ1) is 13.0. The Bertz CT molecular complexity index is 412. The second-order valence-electron chi connectivity index (χ2n) is 3.95. The zero-order valence-electron chi connectivity index (χ0n) is 9.97. The summed E-state index contributed by atoms with van der Waals surface area (Å²) in [6.45, 7) is 4.02. The van der Waals surface area contributed by atoms with E-state index in [0.717, 1.165) is 5.56 Å². The molecule has 4 N–H and O–H groups in total. The summed E-state index contributed by atoms with van der Waals surface area (Å²) in [6, 6.07) is 7.86. The number of amidine groups is 1. The lowest BCUT2D eigenvalue weighted by Gasteiger charge is -2.10. The van der Waals surface area contributed by atoms with Gasteiger partial charge in [-0.2, -0.15) is 0 Å². The Balaban J connectivity index is 2.51. The molecule has 1 aromatic carbocycles. The minimum Gasteiger partial charge on any atom is -0.409 e. The molecule has 1 amide bonds. The number of nitrogens with two attached hydrogens (primary N) is 1. The Kier molecular flexibility index (Phi) is 4.51. The molecule has 0 bridgehead atoms. The van der Waals surface area contributed by atoms with E-state index in [0.29, 0.717) is 6.54 Å². The quantitative estimate of drug-likeness (QED) is 0.315. The van der Waals surface area contributed by atoms with Crippen molar-refractivity contribution in [1.29, 1.82) is 0 Å². The minimum absolute atomic E-state index is 0.0913. The van der Waals surface area contributed by atoms with E-state index < -0.39 is 5.92 Å². The van der Waals surface area contributed by atoms with Gasteiger partial charge in [0.05, 0.1) is 5.92 Å². The van der Waals surface area contributed by atoms with E-state index in [2.05, 4.69) is 10.5 Å². The van der Waals surface area contributed by atoms with Crippen LogP contribution in [-0.2, 0) is 11.3 Å². The van der Waals surface area contributed by atoms with Crippen molar-refractivity contribution in [3.8, 4) is 0 Å². The van der Waals surface area contributed by atoms with Crippen molar-refractivity contribution in [1.82, 2.24) is 5.32 Å². The Morgan fingerprint density at radius 2 is 2.06 bits per heavy atom. The van der Waals surface area contributed by atoms with E-state index in [1.165, 1.54) is 5.56 Å². The highest BCUT2D eigenvalue weighted by atomic mass is 16.4. The maximum absolute atomic E-state index is 11.6. The van der Waals surface area contributed by atoms with E-state index >= 15 is 0 Å². The number of rotatable bonds is 4. The van der Waals surface area contributed by atoms with Gasteiger partial charge < -0.3 is 16.3 Å². The fourth-order valence-electron chi connectivity index (χ4n) is 1.27. The molecule has 1 aromatic rings. The first-order valence-electron chi connectivity index (χ1n) is 5.35. The molecule has 5 heteroatoms. The average Bonchev–Trinajstić information content (AvgIpc) is 2.35. The summed E-state index contributed by atoms with van der Waals surface area (Å²) in [4.78, 5) is 11.6. The van der Waals surface area contributed by atoms with Crippen molar-refractivity contribution in [2.24, 2.45) is 16.8 Å². The van der Waals surface area contributed by atoms with Gasteiger partial charge in [-0.1, -0.05) is 35.0 Å². The van der Waals surface area contributed by atoms with Gasteiger partial charge in [0.25, 0.3) is 0 Å². The van der Waals surface area contributed by atoms with Gasteiger partial charge in [0.15, 0.2) is 5.84 Å². The molecule has 0 aliphatic heterocycles. The lowest BCUT2D eigenvalue weighted by atomic mass is 10.1. The summed E-state index contributed by atoms with van der Waals surface area (Å²) < 4.78 is 0. The van der Waals surface area contributed by atoms with Crippen LogP contribution in [0.5, 0.6) is 0 Å². The molecule has 17 heavy (non-hydrogen) atoms. The van der Waals surface area contributed by atoms with Crippen LogP contribution in [-0.4, -0.2) is 17.0 Å². The number of carbonyl (C=O) groups is 1. The van der Waals surface area contributed by atoms with E-state index in [9.17, 15) is 4.79 Å². The van der Waals surface area contributed by atoms with E-state index in [4.69, 9.17) is 10.9 Å². The smallest absolute Gasteiger partial charge is 0.230 e. The van der Waals surface area contributed by atoms with Crippen LogP contribution in [0.3, 0.4) is 0 Å². The molecule has 5 nitrogen and oxygen atoms in total. The number of oxime groups is 1. The highest BCUT2D eigenvalue weighted by Crippen LogP contribution is 2.03. The highest BCUT2D eigenvalue weighted by Gasteiger charge is 2.16. The Hall–Kier alpha value is -2.04. The molecule has 0 saturated heterocycles. The molecule has 92 valence electrons. The number of carbonyl (C=O) groups excluding carboxylic acids is 1. The second-order valence-corrected chi connectivity index (χ2v) is 3.95. The van der Waals surface area contributed by atoms with Gasteiger partial charge in [-0.05, 0) is 19.4 Å². The zero-order chi connectivity index (χ0) is 12.8. The lowest BCUT2D eigenvalue weighted by Crippen LogP contribution is -2.36. The van der Waals surface area contributed by atoms with Gasteiger partial charge in [0.1, 0.15) is 0 Å². The molecule has 1 unspecified atom stereocenters. The van der Waals surface area contributed by atoms with Crippen LogP contribution in [0.25, 0.3) is 0 Å². The normalized spacial score (nSPS) is 13.2. The number of nitrogens with one attached hydrogen (secondary N) is 1. The molecule has 0 aliphatic carbocycles.